The normalized spacial score (nSPS) is 36.6. The number of nitrogens with zero attached hydrogens (tertiary/aromatic N) is 1. The molecule has 2 rings (SSSR count). The van der Waals surface area contributed by atoms with E-state index in [4.69, 9.17) is 9.47 Å². The maximum absolute atomic E-state index is 11.0. The highest BCUT2D eigenvalue weighted by atomic mass is 16.6. The second-order valence-corrected chi connectivity index (χ2v) is 4.97. The van der Waals surface area contributed by atoms with E-state index in [0.29, 0.717) is 6.04 Å². The molecule has 2 aliphatic rings. The van der Waals surface area contributed by atoms with Gasteiger partial charge in [-0.1, -0.05) is 0 Å². The van der Waals surface area contributed by atoms with Gasteiger partial charge in [-0.25, -0.2) is 0 Å². The van der Waals surface area contributed by atoms with Crippen LogP contribution in [0.15, 0.2) is 0 Å². The Labute approximate surface area is 101 Å². The van der Waals surface area contributed by atoms with E-state index in [1.54, 1.807) is 0 Å². The number of carbonyl (C=O) groups is 2. The SMILES string of the molecule is CC(=O)OC1C[C@H]2C[C@H](OC(C)=O)[C@@H](C1)N2C. The Morgan fingerprint density at radius 2 is 1.71 bits per heavy atom. The molecule has 0 aromatic heterocycles. The Hall–Kier alpha value is -1.10. The molecular weight excluding hydrogens is 222 g/mol. The number of hydrogen-bond donors (Lipinski definition) is 0. The molecule has 2 saturated heterocycles. The second-order valence-electron chi connectivity index (χ2n) is 4.97. The van der Waals surface area contributed by atoms with Crippen LogP contribution in [-0.2, 0) is 19.1 Å². The fraction of sp³-hybridized carbons (Fsp3) is 0.833. The van der Waals surface area contributed by atoms with Gasteiger partial charge in [0.2, 0.25) is 0 Å². The van der Waals surface area contributed by atoms with Crippen molar-refractivity contribution in [3.63, 3.8) is 0 Å². The van der Waals surface area contributed by atoms with E-state index in [1.165, 1.54) is 13.8 Å². The van der Waals surface area contributed by atoms with Crippen LogP contribution in [0.3, 0.4) is 0 Å². The number of ether oxygens (including phenoxy) is 2. The van der Waals surface area contributed by atoms with Crippen molar-refractivity contribution in [1.82, 2.24) is 4.90 Å². The van der Waals surface area contributed by atoms with Crippen molar-refractivity contribution in [2.75, 3.05) is 7.05 Å². The van der Waals surface area contributed by atoms with E-state index in [0.717, 1.165) is 19.3 Å². The molecule has 0 N–H and O–H groups in total. The molecule has 17 heavy (non-hydrogen) atoms. The number of fused-ring (bicyclic) bond motifs is 2. The zero-order chi connectivity index (χ0) is 12.6. The first kappa shape index (κ1) is 12.4. The number of esters is 2. The molecule has 0 aliphatic carbocycles. The van der Waals surface area contributed by atoms with Crippen LogP contribution in [-0.4, -0.2) is 48.2 Å². The predicted molar refractivity (Wildman–Crippen MR) is 60.3 cm³/mol. The molecule has 0 aromatic rings. The van der Waals surface area contributed by atoms with E-state index in [2.05, 4.69) is 4.90 Å². The van der Waals surface area contributed by atoms with Crippen molar-refractivity contribution in [1.29, 1.82) is 0 Å². The largest absolute Gasteiger partial charge is 0.462 e. The first-order chi connectivity index (χ1) is 7.97. The molecule has 0 aromatic carbocycles. The van der Waals surface area contributed by atoms with Crippen LogP contribution in [0.2, 0.25) is 0 Å². The standard InChI is InChI=1S/C12H19NO4/c1-7(14)16-10-4-9-5-12(17-8(2)15)11(6-10)13(9)3/h9-12H,4-6H2,1-3H3/t9-,10?,11+,12-/m0/s1. The van der Waals surface area contributed by atoms with Gasteiger partial charge in [0, 0.05) is 39.2 Å². The maximum atomic E-state index is 11.0. The molecule has 0 saturated carbocycles. The number of likely N-dealkylation sites (N-methyl/N-ethyl adjacent to an activating group) is 1. The highest BCUT2D eigenvalue weighted by molar-refractivity contribution is 5.66. The first-order valence-electron chi connectivity index (χ1n) is 6.03. The van der Waals surface area contributed by atoms with Crippen molar-refractivity contribution in [2.24, 2.45) is 0 Å². The van der Waals surface area contributed by atoms with Crippen molar-refractivity contribution < 1.29 is 19.1 Å². The Morgan fingerprint density at radius 1 is 1.06 bits per heavy atom. The van der Waals surface area contributed by atoms with E-state index in [9.17, 15) is 9.59 Å². The summed E-state index contributed by atoms with van der Waals surface area (Å²) in [5.74, 6) is -0.469. The van der Waals surface area contributed by atoms with Gasteiger partial charge in [-0.15, -0.1) is 0 Å². The van der Waals surface area contributed by atoms with Crippen molar-refractivity contribution in [3.05, 3.63) is 0 Å². The van der Waals surface area contributed by atoms with Crippen molar-refractivity contribution in [2.45, 2.75) is 57.4 Å². The molecular formula is C12H19NO4. The van der Waals surface area contributed by atoms with Gasteiger partial charge in [-0.2, -0.15) is 0 Å². The molecule has 2 fully saturated rings. The number of carbonyl (C=O) groups excluding carboxylic acids is 2. The minimum absolute atomic E-state index is 0.0285. The Morgan fingerprint density at radius 3 is 2.29 bits per heavy atom. The van der Waals surface area contributed by atoms with E-state index in [1.807, 2.05) is 7.05 Å². The van der Waals surface area contributed by atoms with Gasteiger partial charge in [0.1, 0.15) is 12.2 Å². The third-order valence-corrected chi connectivity index (χ3v) is 3.72. The van der Waals surface area contributed by atoms with Gasteiger partial charge < -0.3 is 9.47 Å². The molecule has 0 radical (unpaired) electrons. The lowest BCUT2D eigenvalue weighted by molar-refractivity contribution is -0.153. The van der Waals surface area contributed by atoms with Crippen LogP contribution < -0.4 is 0 Å². The van der Waals surface area contributed by atoms with Gasteiger partial charge in [0.25, 0.3) is 0 Å². The second kappa shape index (κ2) is 4.64. The molecule has 1 unspecified atom stereocenters. The lowest BCUT2D eigenvalue weighted by atomic mass is 10.0. The zero-order valence-corrected chi connectivity index (χ0v) is 10.5. The van der Waals surface area contributed by atoms with Gasteiger partial charge in [-0.05, 0) is 7.05 Å². The van der Waals surface area contributed by atoms with E-state index >= 15 is 0 Å². The summed E-state index contributed by atoms with van der Waals surface area (Å²) in [6, 6.07) is 0.532. The zero-order valence-electron chi connectivity index (χ0n) is 10.5. The first-order valence-corrected chi connectivity index (χ1v) is 6.03. The monoisotopic (exact) mass is 241 g/mol. The van der Waals surface area contributed by atoms with Crippen LogP contribution >= 0.6 is 0 Å². The minimum atomic E-state index is -0.236. The van der Waals surface area contributed by atoms with Crippen LogP contribution in [0, 0.1) is 0 Å². The summed E-state index contributed by atoms with van der Waals surface area (Å²) in [5.41, 5.74) is 0. The summed E-state index contributed by atoms with van der Waals surface area (Å²) in [7, 11) is 2.04. The Bertz CT molecular complexity index is 328. The lowest BCUT2D eigenvalue weighted by Gasteiger charge is -2.36. The quantitative estimate of drug-likeness (QED) is 0.667. The summed E-state index contributed by atoms with van der Waals surface area (Å²) in [6.07, 6.45) is 2.36. The lowest BCUT2D eigenvalue weighted by Crippen LogP contribution is -2.45. The van der Waals surface area contributed by atoms with E-state index < -0.39 is 0 Å². The average Bonchev–Trinajstić information content (AvgIpc) is 2.40. The fourth-order valence-corrected chi connectivity index (χ4v) is 3.04. The van der Waals surface area contributed by atoms with Crippen molar-refractivity contribution >= 4 is 11.9 Å². The van der Waals surface area contributed by atoms with Gasteiger partial charge in [-0.3, -0.25) is 14.5 Å². The smallest absolute Gasteiger partial charge is 0.302 e. The summed E-state index contributed by atoms with van der Waals surface area (Å²) in [5, 5.41) is 0. The molecule has 5 heteroatoms. The van der Waals surface area contributed by atoms with Gasteiger partial charge >= 0.3 is 11.9 Å². The maximum Gasteiger partial charge on any atom is 0.302 e. The molecule has 4 atom stereocenters. The third kappa shape index (κ3) is 2.60. The molecule has 96 valence electrons. The van der Waals surface area contributed by atoms with Crippen molar-refractivity contribution in [3.8, 4) is 0 Å². The third-order valence-electron chi connectivity index (χ3n) is 3.72. The highest BCUT2D eigenvalue weighted by Crippen LogP contribution is 2.37. The summed E-state index contributed by atoms with van der Waals surface area (Å²) >= 11 is 0. The Balaban J connectivity index is 2.01. The number of rotatable bonds is 2. The minimum Gasteiger partial charge on any atom is -0.462 e. The Kier molecular flexibility index (Phi) is 3.38. The summed E-state index contributed by atoms with van der Waals surface area (Å²) in [4.78, 5) is 24.2. The van der Waals surface area contributed by atoms with Crippen LogP contribution in [0.1, 0.15) is 33.1 Å². The van der Waals surface area contributed by atoms with Crippen LogP contribution in [0.25, 0.3) is 0 Å². The fourth-order valence-electron chi connectivity index (χ4n) is 3.04. The number of piperidine rings is 1. The topological polar surface area (TPSA) is 55.8 Å². The molecule has 2 heterocycles. The van der Waals surface area contributed by atoms with E-state index in [-0.39, 0.29) is 30.2 Å². The predicted octanol–water partition coefficient (Wildman–Crippen LogP) is 0.716. The molecule has 0 spiro atoms. The number of hydrogen-bond acceptors (Lipinski definition) is 5. The summed E-state index contributed by atoms with van der Waals surface area (Å²) < 4.78 is 10.6. The van der Waals surface area contributed by atoms with Gasteiger partial charge in [0.05, 0.1) is 6.04 Å². The molecule has 2 aliphatic heterocycles. The molecule has 0 amide bonds. The van der Waals surface area contributed by atoms with Crippen LogP contribution in [0.4, 0.5) is 0 Å². The molecule has 2 bridgehead atoms. The highest BCUT2D eigenvalue weighted by Gasteiger charge is 2.47. The average molecular weight is 241 g/mol. The van der Waals surface area contributed by atoms with Gasteiger partial charge in [0.15, 0.2) is 0 Å². The summed E-state index contributed by atoms with van der Waals surface area (Å²) in [6.45, 7) is 2.87. The van der Waals surface area contributed by atoms with Crippen LogP contribution in [0.5, 0.6) is 0 Å². The molecule has 5 nitrogen and oxygen atoms in total.